The number of H-pyrrole nitrogens is 1. The van der Waals surface area contributed by atoms with Crippen LogP contribution in [0, 0.1) is 19.3 Å². The first-order valence-corrected chi connectivity index (χ1v) is 7.05. The first kappa shape index (κ1) is 14.3. The lowest BCUT2D eigenvalue weighted by molar-refractivity contribution is 0.0308. The monoisotopic (exact) mass is 263 g/mol. The Morgan fingerprint density at radius 2 is 2.32 bits per heavy atom. The number of piperidine rings is 1. The number of aliphatic hydroxyl groups is 1. The number of aromatic amines is 1. The summed E-state index contributed by atoms with van der Waals surface area (Å²) in [5.41, 5.74) is 3.54. The zero-order valence-corrected chi connectivity index (χ0v) is 12.1. The van der Waals surface area contributed by atoms with Gasteiger partial charge in [0.1, 0.15) is 0 Å². The average molecular weight is 263 g/mol. The highest BCUT2D eigenvalue weighted by atomic mass is 16.3. The first-order valence-electron chi connectivity index (χ1n) is 7.05. The van der Waals surface area contributed by atoms with E-state index in [1.807, 2.05) is 13.0 Å². The quantitative estimate of drug-likeness (QED) is 0.801. The molecule has 2 N–H and O–H groups in total. The second kappa shape index (κ2) is 5.88. The Kier molecular flexibility index (Phi) is 4.42. The summed E-state index contributed by atoms with van der Waals surface area (Å²) < 4.78 is 0. The summed E-state index contributed by atoms with van der Waals surface area (Å²) in [5.74, 6) is 0. The minimum absolute atomic E-state index is 0.00550. The highest BCUT2D eigenvalue weighted by Crippen LogP contribution is 2.34. The minimum atomic E-state index is 0.00550. The number of rotatable bonds is 5. The van der Waals surface area contributed by atoms with Gasteiger partial charge >= 0.3 is 0 Å². The van der Waals surface area contributed by atoms with Gasteiger partial charge in [-0.1, -0.05) is 6.08 Å². The number of hydrogen-bond acceptors (Lipinski definition) is 3. The van der Waals surface area contributed by atoms with Crippen LogP contribution < -0.4 is 0 Å². The number of aromatic nitrogens is 2. The average Bonchev–Trinajstić information content (AvgIpc) is 2.71. The molecule has 1 aromatic rings. The second-order valence-electron chi connectivity index (χ2n) is 5.88. The van der Waals surface area contributed by atoms with E-state index in [0.29, 0.717) is 0 Å². The standard InChI is InChI=1S/C15H25N3O/c1-4-6-15(11-19)7-5-8-18(10-15)9-14-12(2)16-17-13(14)3/h4,19H,1,5-11H2,2-3H3,(H,16,17). The molecule has 1 aromatic heterocycles. The summed E-state index contributed by atoms with van der Waals surface area (Å²) in [4.78, 5) is 2.44. The van der Waals surface area contributed by atoms with Crippen LogP contribution in [0.1, 0.15) is 36.2 Å². The Hall–Kier alpha value is -1.13. The molecule has 0 spiro atoms. The van der Waals surface area contributed by atoms with Crippen LogP contribution in [-0.2, 0) is 6.54 Å². The van der Waals surface area contributed by atoms with Crippen LogP contribution >= 0.6 is 0 Å². The number of likely N-dealkylation sites (tertiary alicyclic amines) is 1. The molecule has 4 nitrogen and oxygen atoms in total. The van der Waals surface area contributed by atoms with Crippen molar-refractivity contribution in [1.82, 2.24) is 15.1 Å². The minimum Gasteiger partial charge on any atom is -0.396 e. The molecule has 0 amide bonds. The van der Waals surface area contributed by atoms with E-state index in [1.165, 1.54) is 5.56 Å². The van der Waals surface area contributed by atoms with Crippen molar-refractivity contribution in [3.63, 3.8) is 0 Å². The van der Waals surface area contributed by atoms with Crippen molar-refractivity contribution in [2.45, 2.75) is 39.7 Å². The van der Waals surface area contributed by atoms with Crippen LogP contribution in [0.5, 0.6) is 0 Å². The molecular formula is C15H25N3O. The van der Waals surface area contributed by atoms with Crippen LogP contribution in [0.4, 0.5) is 0 Å². The van der Waals surface area contributed by atoms with Crippen molar-refractivity contribution >= 4 is 0 Å². The molecule has 0 aromatic carbocycles. The number of nitrogens with zero attached hydrogens (tertiary/aromatic N) is 2. The fourth-order valence-electron chi connectivity index (χ4n) is 3.14. The van der Waals surface area contributed by atoms with Gasteiger partial charge in [-0.2, -0.15) is 5.10 Å². The number of allylic oxidation sites excluding steroid dienone is 1. The van der Waals surface area contributed by atoms with Crippen molar-refractivity contribution in [3.8, 4) is 0 Å². The summed E-state index contributed by atoms with van der Waals surface area (Å²) in [6.07, 6.45) is 5.07. The van der Waals surface area contributed by atoms with E-state index in [0.717, 1.165) is 50.3 Å². The highest BCUT2D eigenvalue weighted by Gasteiger charge is 2.34. The SMILES string of the molecule is C=CCC1(CO)CCCN(Cc2c(C)n[nH]c2C)C1. The van der Waals surface area contributed by atoms with E-state index in [4.69, 9.17) is 0 Å². The molecular weight excluding hydrogens is 238 g/mol. The number of hydrogen-bond donors (Lipinski definition) is 2. The van der Waals surface area contributed by atoms with Gasteiger partial charge in [0.15, 0.2) is 0 Å². The Labute approximate surface area is 115 Å². The number of aryl methyl sites for hydroxylation is 2. The van der Waals surface area contributed by atoms with Gasteiger partial charge in [0.25, 0.3) is 0 Å². The molecule has 1 aliphatic rings. The Morgan fingerprint density at radius 3 is 2.89 bits per heavy atom. The van der Waals surface area contributed by atoms with Crippen molar-refractivity contribution < 1.29 is 5.11 Å². The molecule has 19 heavy (non-hydrogen) atoms. The van der Waals surface area contributed by atoms with Gasteiger partial charge in [-0.3, -0.25) is 10.00 Å². The first-order chi connectivity index (χ1) is 9.10. The molecule has 1 atom stereocenters. The molecule has 1 aliphatic heterocycles. The van der Waals surface area contributed by atoms with Crippen LogP contribution in [-0.4, -0.2) is 39.9 Å². The summed E-state index contributed by atoms with van der Waals surface area (Å²) in [6, 6.07) is 0. The van der Waals surface area contributed by atoms with Crippen molar-refractivity contribution in [2.75, 3.05) is 19.7 Å². The van der Waals surface area contributed by atoms with Gasteiger partial charge in [-0.05, 0) is 39.7 Å². The van der Waals surface area contributed by atoms with Gasteiger partial charge in [-0.25, -0.2) is 0 Å². The highest BCUT2D eigenvalue weighted by molar-refractivity contribution is 5.23. The van der Waals surface area contributed by atoms with Gasteiger partial charge in [-0.15, -0.1) is 6.58 Å². The fraction of sp³-hybridized carbons (Fsp3) is 0.667. The van der Waals surface area contributed by atoms with Crippen molar-refractivity contribution in [2.24, 2.45) is 5.41 Å². The second-order valence-corrected chi connectivity index (χ2v) is 5.88. The Bertz CT molecular complexity index is 421. The Balaban J connectivity index is 2.07. The zero-order chi connectivity index (χ0) is 13.9. The molecule has 1 fully saturated rings. The molecule has 0 bridgehead atoms. The lowest BCUT2D eigenvalue weighted by Crippen LogP contribution is -2.44. The number of aliphatic hydroxyl groups excluding tert-OH is 1. The van der Waals surface area contributed by atoms with Gasteiger partial charge in [0.05, 0.1) is 12.3 Å². The van der Waals surface area contributed by atoms with Crippen molar-refractivity contribution in [3.05, 3.63) is 29.6 Å². The lowest BCUT2D eigenvalue weighted by Gasteiger charge is -2.41. The predicted molar refractivity (Wildman–Crippen MR) is 76.9 cm³/mol. The van der Waals surface area contributed by atoms with E-state index < -0.39 is 0 Å². The molecule has 0 saturated carbocycles. The molecule has 2 rings (SSSR count). The topological polar surface area (TPSA) is 52.1 Å². The third kappa shape index (κ3) is 3.07. The molecule has 0 radical (unpaired) electrons. The van der Waals surface area contributed by atoms with Crippen LogP contribution in [0.3, 0.4) is 0 Å². The summed E-state index contributed by atoms with van der Waals surface area (Å²) >= 11 is 0. The van der Waals surface area contributed by atoms with E-state index in [-0.39, 0.29) is 12.0 Å². The van der Waals surface area contributed by atoms with Crippen LogP contribution in [0.15, 0.2) is 12.7 Å². The molecule has 1 saturated heterocycles. The molecule has 2 heterocycles. The smallest absolute Gasteiger partial charge is 0.0639 e. The Morgan fingerprint density at radius 1 is 1.53 bits per heavy atom. The van der Waals surface area contributed by atoms with E-state index in [1.54, 1.807) is 0 Å². The largest absolute Gasteiger partial charge is 0.396 e. The number of nitrogens with one attached hydrogen (secondary N) is 1. The van der Waals surface area contributed by atoms with E-state index >= 15 is 0 Å². The van der Waals surface area contributed by atoms with Gasteiger partial charge in [0, 0.05) is 29.8 Å². The summed E-state index contributed by atoms with van der Waals surface area (Å²) in [5, 5.41) is 17.0. The van der Waals surface area contributed by atoms with Crippen LogP contribution in [0.2, 0.25) is 0 Å². The normalized spacial score (nSPS) is 24.6. The maximum absolute atomic E-state index is 9.73. The van der Waals surface area contributed by atoms with Gasteiger partial charge in [0.2, 0.25) is 0 Å². The van der Waals surface area contributed by atoms with E-state index in [9.17, 15) is 5.11 Å². The molecule has 4 heteroatoms. The summed E-state index contributed by atoms with van der Waals surface area (Å²) in [7, 11) is 0. The lowest BCUT2D eigenvalue weighted by atomic mass is 9.77. The molecule has 106 valence electrons. The maximum atomic E-state index is 9.73. The third-order valence-electron chi connectivity index (χ3n) is 4.32. The third-order valence-corrected chi connectivity index (χ3v) is 4.32. The van der Waals surface area contributed by atoms with Crippen molar-refractivity contribution in [1.29, 1.82) is 0 Å². The van der Waals surface area contributed by atoms with E-state index in [2.05, 4.69) is 28.6 Å². The maximum Gasteiger partial charge on any atom is 0.0639 e. The fourth-order valence-corrected chi connectivity index (χ4v) is 3.14. The van der Waals surface area contributed by atoms with Crippen LogP contribution in [0.25, 0.3) is 0 Å². The van der Waals surface area contributed by atoms with Gasteiger partial charge < -0.3 is 5.11 Å². The zero-order valence-electron chi connectivity index (χ0n) is 12.1. The molecule has 0 aliphatic carbocycles. The summed E-state index contributed by atoms with van der Waals surface area (Å²) in [6.45, 7) is 11.2. The molecule has 1 unspecified atom stereocenters. The predicted octanol–water partition coefficient (Wildman–Crippen LogP) is 2.18.